The summed E-state index contributed by atoms with van der Waals surface area (Å²) in [6, 6.07) is 6.19. The Labute approximate surface area is 201 Å². The number of aryl methyl sites for hydroxylation is 2. The Balaban J connectivity index is 1.47. The largest absolute Gasteiger partial charge is 0.379 e. The molecule has 0 spiro atoms. The van der Waals surface area contributed by atoms with Crippen LogP contribution in [0, 0.1) is 13.8 Å². The normalized spacial score (nSPS) is 19.2. The van der Waals surface area contributed by atoms with Crippen molar-refractivity contribution >= 4 is 28.2 Å². The second-order valence-corrected chi connectivity index (χ2v) is 9.55. The summed E-state index contributed by atoms with van der Waals surface area (Å²) in [5.74, 6) is 0. The van der Waals surface area contributed by atoms with Crippen LogP contribution in [0.5, 0.6) is 0 Å². The van der Waals surface area contributed by atoms with Gasteiger partial charge in [-0.1, -0.05) is 12.1 Å². The van der Waals surface area contributed by atoms with E-state index in [-0.39, 0.29) is 11.7 Å². The fourth-order valence-electron chi connectivity index (χ4n) is 4.62. The second-order valence-electron chi connectivity index (χ2n) is 9.16. The molecule has 3 heterocycles. The van der Waals surface area contributed by atoms with Gasteiger partial charge in [0, 0.05) is 50.3 Å². The average Bonchev–Trinajstić information content (AvgIpc) is 3.34. The van der Waals surface area contributed by atoms with E-state index in [1.54, 1.807) is 0 Å². The van der Waals surface area contributed by atoms with E-state index >= 15 is 0 Å². The molecule has 7 nitrogen and oxygen atoms in total. The van der Waals surface area contributed by atoms with Gasteiger partial charge in [-0.25, -0.2) is 0 Å². The Kier molecular flexibility index (Phi) is 8.35. The molecule has 1 aromatic heterocycles. The number of nitrogens with one attached hydrogen (secondary N) is 2. The standard InChI is InChI=1S/C25H36N4O3S/c1-18-6-7-19(2)23-22(18)15-20(24(30)27-23)17-29(9-4-8-28-10-13-31-14-11-28)25(33)26-16-21-5-3-12-32-21/h6-7,15,21H,3-5,8-14,16-17H2,1-2H3,(H,26,33)(H,27,30). The zero-order valence-electron chi connectivity index (χ0n) is 19.8. The van der Waals surface area contributed by atoms with Crippen LogP contribution in [-0.4, -0.2) is 78.5 Å². The number of hydrogen-bond acceptors (Lipinski definition) is 5. The van der Waals surface area contributed by atoms with Gasteiger partial charge in [0.25, 0.3) is 5.56 Å². The summed E-state index contributed by atoms with van der Waals surface area (Å²) >= 11 is 5.78. The van der Waals surface area contributed by atoms with Gasteiger partial charge in [0.15, 0.2) is 5.11 Å². The van der Waals surface area contributed by atoms with Gasteiger partial charge in [0.05, 0.1) is 31.4 Å². The third-order valence-electron chi connectivity index (χ3n) is 6.68. The quantitative estimate of drug-likeness (QED) is 0.573. The predicted molar refractivity (Wildman–Crippen MR) is 136 cm³/mol. The summed E-state index contributed by atoms with van der Waals surface area (Å²) < 4.78 is 11.2. The smallest absolute Gasteiger partial charge is 0.253 e. The maximum Gasteiger partial charge on any atom is 0.253 e. The third kappa shape index (κ3) is 6.32. The molecular weight excluding hydrogens is 436 g/mol. The summed E-state index contributed by atoms with van der Waals surface area (Å²) in [6.07, 6.45) is 3.36. The van der Waals surface area contributed by atoms with Gasteiger partial charge in [-0.15, -0.1) is 0 Å². The van der Waals surface area contributed by atoms with Crippen molar-refractivity contribution in [1.82, 2.24) is 20.1 Å². The lowest BCUT2D eigenvalue weighted by molar-refractivity contribution is 0.0367. The number of aromatic amines is 1. The first-order valence-electron chi connectivity index (χ1n) is 12.1. The van der Waals surface area contributed by atoms with E-state index < -0.39 is 0 Å². The van der Waals surface area contributed by atoms with Gasteiger partial charge < -0.3 is 24.7 Å². The molecule has 180 valence electrons. The zero-order chi connectivity index (χ0) is 23.2. The Morgan fingerprint density at radius 2 is 2.03 bits per heavy atom. The minimum absolute atomic E-state index is 0.0451. The number of morpholine rings is 1. The first-order valence-corrected chi connectivity index (χ1v) is 12.5. The zero-order valence-corrected chi connectivity index (χ0v) is 20.6. The molecule has 1 atom stereocenters. The van der Waals surface area contributed by atoms with Crippen molar-refractivity contribution in [1.29, 1.82) is 0 Å². The molecule has 33 heavy (non-hydrogen) atoms. The predicted octanol–water partition coefficient (Wildman–Crippen LogP) is 2.72. The number of rotatable bonds is 8. The lowest BCUT2D eigenvalue weighted by atomic mass is 10.0. The van der Waals surface area contributed by atoms with Crippen LogP contribution in [0.1, 0.15) is 36.0 Å². The Morgan fingerprint density at radius 3 is 2.79 bits per heavy atom. The highest BCUT2D eigenvalue weighted by molar-refractivity contribution is 7.80. The van der Waals surface area contributed by atoms with Crippen LogP contribution in [0.25, 0.3) is 10.9 Å². The fraction of sp³-hybridized carbons (Fsp3) is 0.600. The van der Waals surface area contributed by atoms with Crippen LogP contribution in [-0.2, 0) is 16.0 Å². The van der Waals surface area contributed by atoms with E-state index in [0.29, 0.717) is 18.2 Å². The van der Waals surface area contributed by atoms with Crippen molar-refractivity contribution in [2.45, 2.75) is 45.8 Å². The SMILES string of the molecule is Cc1ccc(C)c2[nH]c(=O)c(CN(CCCN3CCOCC3)C(=S)NCC3CCCO3)cc12. The summed E-state index contributed by atoms with van der Waals surface area (Å²) in [7, 11) is 0. The average molecular weight is 473 g/mol. The summed E-state index contributed by atoms with van der Waals surface area (Å²) in [5.41, 5.74) is 3.85. The number of nitrogens with zero attached hydrogens (tertiary/aromatic N) is 2. The van der Waals surface area contributed by atoms with Crippen molar-refractivity contribution in [2.24, 2.45) is 0 Å². The van der Waals surface area contributed by atoms with Gasteiger partial charge in [0.1, 0.15) is 0 Å². The van der Waals surface area contributed by atoms with Crippen LogP contribution in [0.2, 0.25) is 0 Å². The summed E-state index contributed by atoms with van der Waals surface area (Å²) in [5, 5.41) is 5.18. The lowest BCUT2D eigenvalue weighted by Crippen LogP contribution is -2.44. The van der Waals surface area contributed by atoms with E-state index in [9.17, 15) is 4.79 Å². The molecule has 4 rings (SSSR count). The van der Waals surface area contributed by atoms with Gasteiger partial charge in [-0.3, -0.25) is 9.69 Å². The van der Waals surface area contributed by atoms with Crippen LogP contribution >= 0.6 is 12.2 Å². The first-order chi connectivity index (χ1) is 16.0. The highest BCUT2D eigenvalue weighted by Gasteiger charge is 2.19. The Bertz CT molecular complexity index is 1010. The van der Waals surface area contributed by atoms with E-state index in [4.69, 9.17) is 21.7 Å². The molecule has 0 radical (unpaired) electrons. The molecule has 0 bridgehead atoms. The monoisotopic (exact) mass is 472 g/mol. The molecule has 2 fully saturated rings. The molecule has 2 aromatic rings. The molecule has 2 aliphatic rings. The topological polar surface area (TPSA) is 69.8 Å². The van der Waals surface area contributed by atoms with Gasteiger partial charge in [-0.2, -0.15) is 0 Å². The first kappa shape index (κ1) is 24.1. The number of pyridine rings is 1. The highest BCUT2D eigenvalue weighted by Crippen LogP contribution is 2.20. The molecule has 1 unspecified atom stereocenters. The minimum atomic E-state index is -0.0451. The van der Waals surface area contributed by atoms with E-state index in [2.05, 4.69) is 39.2 Å². The van der Waals surface area contributed by atoms with Gasteiger partial charge in [0.2, 0.25) is 0 Å². The maximum absolute atomic E-state index is 13.0. The highest BCUT2D eigenvalue weighted by atomic mass is 32.1. The number of H-pyrrole nitrogens is 1. The maximum atomic E-state index is 13.0. The minimum Gasteiger partial charge on any atom is -0.379 e. The van der Waals surface area contributed by atoms with Crippen LogP contribution in [0.3, 0.4) is 0 Å². The molecule has 2 N–H and O–H groups in total. The van der Waals surface area contributed by atoms with Crippen molar-refractivity contribution < 1.29 is 9.47 Å². The molecule has 0 aliphatic carbocycles. The van der Waals surface area contributed by atoms with Crippen LogP contribution in [0.15, 0.2) is 23.0 Å². The Hall–Kier alpha value is -2.00. The number of thiocarbonyl (C=S) groups is 1. The molecular formula is C25H36N4O3S. The molecule has 0 saturated carbocycles. The van der Waals surface area contributed by atoms with E-state index in [0.717, 1.165) is 92.9 Å². The second kappa shape index (κ2) is 11.4. The summed E-state index contributed by atoms with van der Waals surface area (Å²) in [4.78, 5) is 20.6. The number of hydrogen-bond donors (Lipinski definition) is 2. The Morgan fingerprint density at radius 1 is 1.24 bits per heavy atom. The van der Waals surface area contributed by atoms with E-state index in [1.165, 1.54) is 0 Å². The van der Waals surface area contributed by atoms with Crippen molar-refractivity contribution in [2.75, 3.05) is 52.5 Å². The number of ether oxygens (including phenoxy) is 2. The molecule has 8 heteroatoms. The molecule has 2 saturated heterocycles. The molecule has 0 amide bonds. The van der Waals surface area contributed by atoms with Gasteiger partial charge >= 0.3 is 0 Å². The van der Waals surface area contributed by atoms with Crippen molar-refractivity contribution in [3.63, 3.8) is 0 Å². The summed E-state index contributed by atoms with van der Waals surface area (Å²) in [6.45, 7) is 11.5. The fourth-order valence-corrected chi connectivity index (χ4v) is 4.86. The molecule has 1 aromatic carbocycles. The third-order valence-corrected chi connectivity index (χ3v) is 7.08. The van der Waals surface area contributed by atoms with Gasteiger partial charge in [-0.05, 0) is 62.5 Å². The van der Waals surface area contributed by atoms with E-state index in [1.807, 2.05) is 13.0 Å². The molecule has 2 aliphatic heterocycles. The number of aromatic nitrogens is 1. The van der Waals surface area contributed by atoms with Crippen LogP contribution < -0.4 is 10.9 Å². The lowest BCUT2D eigenvalue weighted by Gasteiger charge is -2.30. The number of benzene rings is 1. The van der Waals surface area contributed by atoms with Crippen LogP contribution in [0.4, 0.5) is 0 Å². The number of fused-ring (bicyclic) bond motifs is 1. The van der Waals surface area contributed by atoms with Crippen molar-refractivity contribution in [3.8, 4) is 0 Å². The van der Waals surface area contributed by atoms with Crippen molar-refractivity contribution in [3.05, 3.63) is 45.2 Å².